The molecule has 0 aliphatic carbocycles. The molecule has 2 saturated heterocycles. The lowest BCUT2D eigenvalue weighted by molar-refractivity contribution is 0.0573. The predicted molar refractivity (Wildman–Crippen MR) is 91.8 cm³/mol. The van der Waals surface area contributed by atoms with Crippen LogP contribution in [0.4, 0.5) is 5.69 Å². The van der Waals surface area contributed by atoms with Gasteiger partial charge in [0.1, 0.15) is 0 Å². The van der Waals surface area contributed by atoms with Gasteiger partial charge in [0.25, 0.3) is 5.91 Å². The Kier molecular flexibility index (Phi) is 5.18. The first-order valence-corrected chi connectivity index (χ1v) is 8.63. The molecule has 0 bridgehead atoms. The van der Waals surface area contributed by atoms with Gasteiger partial charge in [-0.2, -0.15) is 0 Å². The van der Waals surface area contributed by atoms with Crippen molar-refractivity contribution < 1.29 is 9.53 Å². The normalized spacial score (nSPS) is 25.5. The van der Waals surface area contributed by atoms with Crippen LogP contribution in [0.5, 0.6) is 0 Å². The van der Waals surface area contributed by atoms with Crippen molar-refractivity contribution in [3.8, 4) is 0 Å². The molecule has 0 radical (unpaired) electrons. The number of benzene rings is 1. The molecular weight excluding hydrogens is 290 g/mol. The molecule has 23 heavy (non-hydrogen) atoms. The summed E-state index contributed by atoms with van der Waals surface area (Å²) in [6, 6.07) is 8.15. The standard InChI is InChI=1S/C18H27N3O2/c1-14-6-7-21(17(12-14)13-19)18(22)15-2-4-16(5-3-15)20-8-10-23-11-9-20/h2-5,14,17H,6-13,19H2,1H3. The molecule has 2 aliphatic heterocycles. The van der Waals surface area contributed by atoms with Gasteiger partial charge in [-0.15, -0.1) is 0 Å². The minimum Gasteiger partial charge on any atom is -0.378 e. The number of nitrogens with two attached hydrogens (primary N) is 1. The molecule has 2 atom stereocenters. The smallest absolute Gasteiger partial charge is 0.254 e. The van der Waals surface area contributed by atoms with Gasteiger partial charge >= 0.3 is 0 Å². The summed E-state index contributed by atoms with van der Waals surface area (Å²) >= 11 is 0. The number of nitrogens with zero attached hydrogens (tertiary/aromatic N) is 2. The number of rotatable bonds is 3. The van der Waals surface area contributed by atoms with Gasteiger partial charge in [-0.25, -0.2) is 0 Å². The molecule has 2 heterocycles. The average Bonchev–Trinajstić information content (AvgIpc) is 2.62. The summed E-state index contributed by atoms with van der Waals surface area (Å²) in [6.07, 6.45) is 2.07. The van der Waals surface area contributed by atoms with Crippen molar-refractivity contribution in [3.05, 3.63) is 29.8 Å². The summed E-state index contributed by atoms with van der Waals surface area (Å²) in [7, 11) is 0. The van der Waals surface area contributed by atoms with Gasteiger partial charge in [0.2, 0.25) is 0 Å². The summed E-state index contributed by atoms with van der Waals surface area (Å²) in [5.74, 6) is 0.761. The molecule has 1 aromatic rings. The Morgan fingerprint density at radius 2 is 1.91 bits per heavy atom. The lowest BCUT2D eigenvalue weighted by Gasteiger charge is -2.38. The number of piperidine rings is 1. The van der Waals surface area contributed by atoms with Gasteiger partial charge in [-0.1, -0.05) is 6.92 Å². The molecule has 0 spiro atoms. The highest BCUT2D eigenvalue weighted by atomic mass is 16.5. The zero-order chi connectivity index (χ0) is 16.2. The van der Waals surface area contributed by atoms with Crippen LogP contribution in [-0.2, 0) is 4.74 Å². The number of morpholine rings is 1. The minimum atomic E-state index is 0.112. The number of hydrogen-bond donors (Lipinski definition) is 1. The minimum absolute atomic E-state index is 0.112. The molecule has 3 rings (SSSR count). The number of likely N-dealkylation sites (tertiary alicyclic amines) is 1. The van der Waals surface area contributed by atoms with E-state index in [1.165, 1.54) is 0 Å². The molecule has 1 amide bonds. The van der Waals surface area contributed by atoms with Crippen LogP contribution in [0.1, 0.15) is 30.1 Å². The van der Waals surface area contributed by atoms with Gasteiger partial charge in [-0.05, 0) is 43.0 Å². The van der Waals surface area contributed by atoms with Gasteiger partial charge < -0.3 is 20.3 Å². The second-order valence-electron chi connectivity index (χ2n) is 6.66. The van der Waals surface area contributed by atoms with E-state index in [4.69, 9.17) is 10.5 Å². The van der Waals surface area contributed by atoms with E-state index in [0.29, 0.717) is 12.5 Å². The first kappa shape index (κ1) is 16.3. The molecule has 1 aromatic carbocycles. The molecule has 5 heteroatoms. The van der Waals surface area contributed by atoms with Crippen LogP contribution in [0.2, 0.25) is 0 Å². The van der Waals surface area contributed by atoms with Crippen LogP contribution >= 0.6 is 0 Å². The van der Waals surface area contributed by atoms with Crippen LogP contribution in [0, 0.1) is 5.92 Å². The van der Waals surface area contributed by atoms with Crippen LogP contribution in [0.3, 0.4) is 0 Å². The molecule has 126 valence electrons. The molecule has 5 nitrogen and oxygen atoms in total. The molecule has 2 fully saturated rings. The van der Waals surface area contributed by atoms with Crippen molar-refractivity contribution in [2.75, 3.05) is 44.3 Å². The average molecular weight is 317 g/mol. The molecule has 2 N–H and O–H groups in total. The summed E-state index contributed by atoms with van der Waals surface area (Å²) < 4.78 is 5.38. The quantitative estimate of drug-likeness (QED) is 0.922. The van der Waals surface area contributed by atoms with Crippen molar-refractivity contribution in [1.29, 1.82) is 0 Å². The third-order valence-corrected chi connectivity index (χ3v) is 5.00. The van der Waals surface area contributed by atoms with E-state index in [-0.39, 0.29) is 11.9 Å². The summed E-state index contributed by atoms with van der Waals surface area (Å²) in [4.78, 5) is 17.1. The molecule has 0 aromatic heterocycles. The highest BCUT2D eigenvalue weighted by Gasteiger charge is 2.29. The SMILES string of the molecule is CC1CCN(C(=O)c2ccc(N3CCOCC3)cc2)C(CN)C1. The molecule has 2 unspecified atom stereocenters. The largest absolute Gasteiger partial charge is 0.378 e. The van der Waals surface area contributed by atoms with Crippen LogP contribution in [0.15, 0.2) is 24.3 Å². The van der Waals surface area contributed by atoms with Gasteiger partial charge in [-0.3, -0.25) is 4.79 Å². The first-order valence-electron chi connectivity index (χ1n) is 8.63. The van der Waals surface area contributed by atoms with E-state index in [2.05, 4.69) is 11.8 Å². The Balaban J connectivity index is 1.69. The first-order chi connectivity index (χ1) is 11.2. The number of ether oxygens (including phenoxy) is 1. The number of anilines is 1. The van der Waals surface area contributed by atoms with Crippen molar-refractivity contribution in [1.82, 2.24) is 4.90 Å². The maximum Gasteiger partial charge on any atom is 0.254 e. The highest BCUT2D eigenvalue weighted by molar-refractivity contribution is 5.94. The van der Waals surface area contributed by atoms with Crippen molar-refractivity contribution in [2.45, 2.75) is 25.8 Å². The van der Waals surface area contributed by atoms with Gasteiger partial charge in [0, 0.05) is 43.5 Å². The predicted octanol–water partition coefficient (Wildman–Crippen LogP) is 1.72. The lowest BCUT2D eigenvalue weighted by Crippen LogP contribution is -2.49. The molecular formula is C18H27N3O2. The number of hydrogen-bond acceptors (Lipinski definition) is 4. The van der Waals surface area contributed by atoms with Crippen LogP contribution < -0.4 is 10.6 Å². The summed E-state index contributed by atoms with van der Waals surface area (Å²) in [5, 5.41) is 0. The van der Waals surface area contributed by atoms with Crippen molar-refractivity contribution in [3.63, 3.8) is 0 Å². The van der Waals surface area contributed by atoms with Gasteiger partial charge in [0.05, 0.1) is 13.2 Å². The number of amides is 1. The highest BCUT2D eigenvalue weighted by Crippen LogP contribution is 2.24. The third kappa shape index (κ3) is 3.67. The van der Waals surface area contributed by atoms with Crippen LogP contribution in [0.25, 0.3) is 0 Å². The fourth-order valence-electron chi connectivity index (χ4n) is 3.54. The second-order valence-corrected chi connectivity index (χ2v) is 6.66. The molecule has 2 aliphatic rings. The summed E-state index contributed by atoms with van der Waals surface area (Å²) in [5.41, 5.74) is 7.80. The Morgan fingerprint density at radius 3 is 2.57 bits per heavy atom. The molecule has 0 saturated carbocycles. The van der Waals surface area contributed by atoms with E-state index in [1.807, 2.05) is 29.2 Å². The van der Waals surface area contributed by atoms with Crippen molar-refractivity contribution in [2.24, 2.45) is 11.7 Å². The van der Waals surface area contributed by atoms with E-state index in [0.717, 1.165) is 56.9 Å². The van der Waals surface area contributed by atoms with E-state index >= 15 is 0 Å². The fraction of sp³-hybridized carbons (Fsp3) is 0.611. The Hall–Kier alpha value is -1.59. The zero-order valence-corrected chi connectivity index (χ0v) is 13.9. The van der Waals surface area contributed by atoms with Gasteiger partial charge in [0.15, 0.2) is 0 Å². The third-order valence-electron chi connectivity index (χ3n) is 5.00. The van der Waals surface area contributed by atoms with E-state index < -0.39 is 0 Å². The van der Waals surface area contributed by atoms with E-state index in [9.17, 15) is 4.79 Å². The fourth-order valence-corrected chi connectivity index (χ4v) is 3.54. The maximum atomic E-state index is 12.8. The number of carbonyl (C=O) groups is 1. The van der Waals surface area contributed by atoms with E-state index in [1.54, 1.807) is 0 Å². The topological polar surface area (TPSA) is 58.8 Å². The zero-order valence-electron chi connectivity index (χ0n) is 13.9. The summed E-state index contributed by atoms with van der Waals surface area (Å²) in [6.45, 7) is 6.95. The second kappa shape index (κ2) is 7.32. The Bertz CT molecular complexity index is 526. The lowest BCUT2D eigenvalue weighted by atomic mass is 9.92. The van der Waals surface area contributed by atoms with Crippen molar-refractivity contribution >= 4 is 11.6 Å². The maximum absolute atomic E-state index is 12.8. The monoisotopic (exact) mass is 317 g/mol. The Labute approximate surface area is 138 Å². The van der Waals surface area contributed by atoms with Crippen LogP contribution in [-0.4, -0.2) is 56.2 Å². The number of carbonyl (C=O) groups excluding carboxylic acids is 1. The Morgan fingerprint density at radius 1 is 1.22 bits per heavy atom.